The fourth-order valence-corrected chi connectivity index (χ4v) is 3.64. The van der Waals surface area contributed by atoms with Crippen molar-refractivity contribution in [1.82, 2.24) is 4.98 Å². The first-order chi connectivity index (χ1) is 10.1. The van der Waals surface area contributed by atoms with E-state index >= 15 is 0 Å². The van der Waals surface area contributed by atoms with Crippen LogP contribution in [0.2, 0.25) is 0 Å². The van der Waals surface area contributed by atoms with Crippen LogP contribution in [0.15, 0.2) is 12.1 Å². The summed E-state index contributed by atoms with van der Waals surface area (Å²) < 4.78 is 0.545. The van der Waals surface area contributed by atoms with Crippen molar-refractivity contribution in [3.63, 3.8) is 0 Å². The second-order valence-electron chi connectivity index (χ2n) is 4.74. The van der Waals surface area contributed by atoms with E-state index in [2.05, 4.69) is 15.2 Å². The lowest BCUT2D eigenvalue weighted by Crippen LogP contribution is -2.19. The van der Waals surface area contributed by atoms with Crippen molar-refractivity contribution in [2.75, 3.05) is 23.3 Å². The third-order valence-corrected chi connectivity index (χ3v) is 4.47. The Morgan fingerprint density at radius 1 is 1.48 bits per heavy atom. The van der Waals surface area contributed by atoms with Crippen molar-refractivity contribution in [2.24, 2.45) is 5.73 Å². The molecule has 0 unspecified atom stereocenters. The number of aromatic nitrogens is 1. The van der Waals surface area contributed by atoms with Gasteiger partial charge in [0.25, 0.3) is 5.69 Å². The molecule has 1 aromatic heterocycles. The van der Waals surface area contributed by atoms with Gasteiger partial charge in [-0.1, -0.05) is 11.3 Å². The Hall–Kier alpha value is -2.00. The summed E-state index contributed by atoms with van der Waals surface area (Å²) in [5, 5.41) is 14.5. The van der Waals surface area contributed by atoms with Crippen LogP contribution in [0, 0.1) is 10.1 Å². The van der Waals surface area contributed by atoms with E-state index in [0.717, 1.165) is 31.6 Å². The molecule has 21 heavy (non-hydrogen) atoms. The van der Waals surface area contributed by atoms with E-state index in [9.17, 15) is 10.1 Å². The van der Waals surface area contributed by atoms with Gasteiger partial charge in [-0.2, -0.15) is 0 Å². The summed E-state index contributed by atoms with van der Waals surface area (Å²) in [7, 11) is 0. The Morgan fingerprint density at radius 2 is 2.19 bits per heavy atom. The Balaban J connectivity index is 2.16. The highest BCUT2D eigenvalue weighted by Gasteiger charge is 2.23. The molecule has 1 aliphatic rings. The number of nitrogens with one attached hydrogen (secondary N) is 1. The summed E-state index contributed by atoms with van der Waals surface area (Å²) in [5.74, 6) is 0. The minimum absolute atomic E-state index is 0.0569. The van der Waals surface area contributed by atoms with Gasteiger partial charge in [-0.05, 0) is 31.1 Å². The van der Waals surface area contributed by atoms with Crippen molar-refractivity contribution in [3.8, 4) is 0 Å². The molecule has 1 aliphatic heterocycles. The van der Waals surface area contributed by atoms with Crippen LogP contribution in [0.1, 0.15) is 12.8 Å². The number of hydrogen-bond donors (Lipinski definition) is 2. The fraction of sp³-hybridized carbons (Fsp3) is 0.333. The topological polar surface area (TPSA) is 97.3 Å². The second-order valence-corrected chi connectivity index (χ2v) is 6.18. The maximum Gasteiger partial charge on any atom is 0.288 e. The number of hydrogen-bond acceptors (Lipinski definition) is 6. The molecule has 0 aliphatic carbocycles. The summed E-state index contributed by atoms with van der Waals surface area (Å²) in [5.41, 5.74) is 7.07. The number of thiazole rings is 1. The van der Waals surface area contributed by atoms with Gasteiger partial charge in [0.2, 0.25) is 0 Å². The molecular weight excluding hydrogens is 310 g/mol. The minimum atomic E-state index is -0.390. The Bertz CT molecular complexity index is 724. The monoisotopic (exact) mass is 323 g/mol. The summed E-state index contributed by atoms with van der Waals surface area (Å²) in [6, 6.07) is 3.31. The van der Waals surface area contributed by atoms with Crippen molar-refractivity contribution in [2.45, 2.75) is 12.8 Å². The molecule has 0 radical (unpaired) electrons. The zero-order valence-electron chi connectivity index (χ0n) is 11.0. The molecule has 1 aromatic carbocycles. The molecule has 0 amide bonds. The average molecular weight is 323 g/mol. The number of nitrogens with zero attached hydrogens (tertiary/aromatic N) is 3. The maximum atomic E-state index is 11.2. The zero-order valence-corrected chi connectivity index (χ0v) is 12.7. The molecule has 9 heteroatoms. The number of benzene rings is 1. The molecule has 3 N–H and O–H groups in total. The van der Waals surface area contributed by atoms with Gasteiger partial charge in [0.05, 0.1) is 10.6 Å². The Morgan fingerprint density at radius 3 is 2.81 bits per heavy atom. The summed E-state index contributed by atoms with van der Waals surface area (Å²) in [6.07, 6.45) is 2.25. The lowest BCUT2D eigenvalue weighted by atomic mass is 10.2. The smallest absolute Gasteiger partial charge is 0.288 e. The molecule has 1 saturated heterocycles. The summed E-state index contributed by atoms with van der Waals surface area (Å²) in [6.45, 7) is 1.89. The number of rotatable bonds is 3. The molecule has 0 atom stereocenters. The van der Waals surface area contributed by atoms with E-state index < -0.39 is 4.92 Å². The molecule has 110 valence electrons. The number of nitro groups is 1. The Labute approximate surface area is 129 Å². The van der Waals surface area contributed by atoms with E-state index in [4.69, 9.17) is 18.0 Å². The van der Waals surface area contributed by atoms with Gasteiger partial charge in [-0.25, -0.2) is 4.98 Å². The first kappa shape index (κ1) is 14.0. The molecule has 2 heterocycles. The van der Waals surface area contributed by atoms with Crippen LogP contribution in [0.3, 0.4) is 0 Å². The van der Waals surface area contributed by atoms with E-state index in [0.29, 0.717) is 15.3 Å². The third kappa shape index (κ3) is 2.61. The molecule has 3 rings (SSSR count). The van der Waals surface area contributed by atoms with Gasteiger partial charge in [0, 0.05) is 19.2 Å². The number of anilines is 2. The van der Waals surface area contributed by atoms with Gasteiger partial charge in [0.15, 0.2) is 10.2 Å². The molecular formula is C12H13N5O2S2. The first-order valence-corrected chi connectivity index (χ1v) is 7.68. The molecule has 1 fully saturated rings. The first-order valence-electron chi connectivity index (χ1n) is 6.45. The van der Waals surface area contributed by atoms with Gasteiger partial charge < -0.3 is 16.0 Å². The van der Waals surface area contributed by atoms with Crippen LogP contribution < -0.4 is 16.0 Å². The summed E-state index contributed by atoms with van der Waals surface area (Å²) >= 11 is 5.99. The van der Waals surface area contributed by atoms with Gasteiger partial charge in [-0.15, -0.1) is 0 Å². The lowest BCUT2D eigenvalue weighted by Gasteiger charge is -2.17. The van der Waals surface area contributed by atoms with Crippen LogP contribution >= 0.6 is 23.6 Å². The van der Waals surface area contributed by atoms with Crippen LogP contribution in [-0.2, 0) is 0 Å². The quantitative estimate of drug-likeness (QED) is 0.508. The van der Waals surface area contributed by atoms with E-state index in [1.165, 1.54) is 11.3 Å². The number of nitro benzene ring substituents is 1. The molecule has 7 nitrogen and oxygen atoms in total. The minimum Gasteiger partial charge on any atom is -0.376 e. The standard InChI is InChI=1S/C12H13N5O2S2/c13-11(20)15-12-14-9-7(16-5-1-2-6-16)3-4-8(17(18)19)10(9)21-12/h3-4H,1-2,5-6H2,(H3,13,14,15,20). The zero-order chi connectivity index (χ0) is 15.0. The van der Waals surface area contributed by atoms with Crippen LogP contribution in [-0.4, -0.2) is 28.1 Å². The SMILES string of the molecule is NC(=S)Nc1nc2c(N3CCCC3)ccc([N+](=O)[O-])c2s1. The second kappa shape index (κ2) is 5.41. The molecule has 2 aromatic rings. The van der Waals surface area contributed by atoms with Crippen LogP contribution in [0.25, 0.3) is 10.2 Å². The number of fused-ring (bicyclic) bond motifs is 1. The van der Waals surface area contributed by atoms with Crippen molar-refractivity contribution in [3.05, 3.63) is 22.2 Å². The van der Waals surface area contributed by atoms with Crippen molar-refractivity contribution >= 4 is 55.4 Å². The highest BCUT2D eigenvalue weighted by molar-refractivity contribution is 7.80. The average Bonchev–Trinajstić information content (AvgIpc) is 3.04. The highest BCUT2D eigenvalue weighted by atomic mass is 32.1. The van der Waals surface area contributed by atoms with Crippen molar-refractivity contribution < 1.29 is 4.92 Å². The van der Waals surface area contributed by atoms with Gasteiger partial charge in [-0.3, -0.25) is 10.1 Å². The van der Waals surface area contributed by atoms with Gasteiger partial charge >= 0.3 is 0 Å². The van der Waals surface area contributed by atoms with Crippen LogP contribution in [0.4, 0.5) is 16.5 Å². The third-order valence-electron chi connectivity index (χ3n) is 3.38. The van der Waals surface area contributed by atoms with E-state index in [1.54, 1.807) is 12.1 Å². The highest BCUT2D eigenvalue weighted by Crippen LogP contribution is 2.39. The van der Waals surface area contributed by atoms with E-state index in [1.807, 2.05) is 0 Å². The Kier molecular flexibility index (Phi) is 3.60. The number of non-ortho nitro benzene ring substituents is 1. The molecule has 0 saturated carbocycles. The van der Waals surface area contributed by atoms with Crippen LogP contribution in [0.5, 0.6) is 0 Å². The fourth-order valence-electron chi connectivity index (χ4n) is 2.50. The summed E-state index contributed by atoms with van der Waals surface area (Å²) in [4.78, 5) is 17.4. The van der Waals surface area contributed by atoms with E-state index in [-0.39, 0.29) is 10.8 Å². The number of thiocarbonyl (C=S) groups is 1. The van der Waals surface area contributed by atoms with Gasteiger partial charge in [0.1, 0.15) is 10.2 Å². The number of nitrogens with two attached hydrogens (primary N) is 1. The molecule has 0 bridgehead atoms. The largest absolute Gasteiger partial charge is 0.376 e. The maximum absolute atomic E-state index is 11.2. The molecule has 0 spiro atoms. The van der Waals surface area contributed by atoms with Crippen molar-refractivity contribution in [1.29, 1.82) is 0 Å². The predicted molar refractivity (Wildman–Crippen MR) is 88.1 cm³/mol. The normalized spacial score (nSPS) is 14.6. The lowest BCUT2D eigenvalue weighted by molar-refractivity contribution is -0.382. The predicted octanol–water partition coefficient (Wildman–Crippen LogP) is 2.46.